The molecule has 0 aromatic carbocycles. The van der Waals surface area contributed by atoms with E-state index in [9.17, 15) is 13.2 Å². The fourth-order valence-corrected chi connectivity index (χ4v) is 4.06. The molecule has 1 saturated heterocycles. The summed E-state index contributed by atoms with van der Waals surface area (Å²) in [6.07, 6.45) is 1.88. The summed E-state index contributed by atoms with van der Waals surface area (Å²) >= 11 is 0. The highest BCUT2D eigenvalue weighted by Crippen LogP contribution is 2.38. The van der Waals surface area contributed by atoms with Crippen molar-refractivity contribution in [3.05, 3.63) is 0 Å². The molecule has 1 heterocycles. The van der Waals surface area contributed by atoms with Crippen LogP contribution in [0.5, 0.6) is 0 Å². The molecule has 4 atom stereocenters. The first-order valence-corrected chi connectivity index (χ1v) is 8.02. The van der Waals surface area contributed by atoms with Crippen molar-refractivity contribution in [3.8, 4) is 0 Å². The average molecular weight is 290 g/mol. The molecule has 3 fully saturated rings. The number of hydrogen-bond acceptors (Lipinski definition) is 2. The van der Waals surface area contributed by atoms with Gasteiger partial charge in [-0.25, -0.2) is 0 Å². The largest absolute Gasteiger partial charge is 0.391 e. The zero-order chi connectivity index (χ0) is 14.3. The van der Waals surface area contributed by atoms with Gasteiger partial charge in [0.25, 0.3) is 0 Å². The summed E-state index contributed by atoms with van der Waals surface area (Å²) in [6, 6.07) is 1.79. The van der Waals surface area contributed by atoms with Gasteiger partial charge in [0.1, 0.15) is 0 Å². The second kappa shape index (κ2) is 5.48. The van der Waals surface area contributed by atoms with E-state index in [4.69, 9.17) is 0 Å². The number of alkyl halides is 3. The maximum absolute atomic E-state index is 12.8. The molecule has 0 aromatic rings. The van der Waals surface area contributed by atoms with Crippen molar-refractivity contribution in [2.75, 3.05) is 6.54 Å². The zero-order valence-electron chi connectivity index (χ0n) is 12.1. The molecule has 4 unspecified atom stereocenters. The molecule has 2 nitrogen and oxygen atoms in total. The molecule has 3 aliphatic rings. The van der Waals surface area contributed by atoms with Crippen molar-refractivity contribution < 1.29 is 13.2 Å². The van der Waals surface area contributed by atoms with Crippen LogP contribution in [0.4, 0.5) is 13.2 Å². The van der Waals surface area contributed by atoms with E-state index in [1.165, 1.54) is 12.8 Å². The van der Waals surface area contributed by atoms with Crippen LogP contribution in [0.15, 0.2) is 0 Å². The average Bonchev–Trinajstić information content (AvgIpc) is 3.14. The fourth-order valence-electron chi connectivity index (χ4n) is 4.06. The van der Waals surface area contributed by atoms with Crippen LogP contribution in [0.3, 0.4) is 0 Å². The molecule has 0 spiro atoms. The van der Waals surface area contributed by atoms with Crippen LogP contribution < -0.4 is 5.32 Å². The van der Waals surface area contributed by atoms with E-state index in [0.717, 1.165) is 25.4 Å². The maximum atomic E-state index is 12.8. The molecule has 0 aromatic heterocycles. The Kier molecular flexibility index (Phi) is 4.01. The van der Waals surface area contributed by atoms with Gasteiger partial charge in [0.15, 0.2) is 0 Å². The monoisotopic (exact) mass is 290 g/mol. The Morgan fingerprint density at radius 2 is 1.75 bits per heavy atom. The van der Waals surface area contributed by atoms with Gasteiger partial charge in [-0.1, -0.05) is 6.42 Å². The van der Waals surface area contributed by atoms with Gasteiger partial charge in [0.2, 0.25) is 0 Å². The Hall–Kier alpha value is -0.290. The summed E-state index contributed by atoms with van der Waals surface area (Å²) in [5.41, 5.74) is 0. The van der Waals surface area contributed by atoms with E-state index in [1.807, 2.05) is 0 Å². The van der Waals surface area contributed by atoms with Gasteiger partial charge in [0, 0.05) is 30.7 Å². The quantitative estimate of drug-likeness (QED) is 0.858. The molecule has 116 valence electrons. The molecule has 0 amide bonds. The fraction of sp³-hybridized carbons (Fsp3) is 1.00. The molecule has 5 heteroatoms. The molecule has 2 aliphatic carbocycles. The molecule has 1 N–H and O–H groups in total. The van der Waals surface area contributed by atoms with Crippen molar-refractivity contribution in [2.24, 2.45) is 5.92 Å². The standard InChI is InChI=1S/C15H25F3N2/c1-10-7-13(9-20(10)14-5-6-14)19-12-4-2-3-11(8-12)15(16,17)18/h10-14,19H,2-9H2,1H3. The molecule has 20 heavy (non-hydrogen) atoms. The number of likely N-dealkylation sites (tertiary alicyclic amines) is 1. The Labute approximate surface area is 119 Å². The molecular formula is C15H25F3N2. The molecule has 3 rings (SSSR count). The molecular weight excluding hydrogens is 265 g/mol. The highest BCUT2D eigenvalue weighted by Gasteiger charge is 2.43. The smallest absolute Gasteiger partial charge is 0.310 e. The number of nitrogens with one attached hydrogen (secondary N) is 1. The second-order valence-electron chi connectivity index (χ2n) is 6.98. The van der Waals surface area contributed by atoms with Crippen molar-refractivity contribution in [1.29, 1.82) is 0 Å². The summed E-state index contributed by atoms with van der Waals surface area (Å²) < 4.78 is 38.5. The van der Waals surface area contributed by atoms with Gasteiger partial charge in [-0.15, -0.1) is 0 Å². The van der Waals surface area contributed by atoms with Crippen molar-refractivity contribution in [1.82, 2.24) is 10.2 Å². The predicted octanol–water partition coefficient (Wildman–Crippen LogP) is 3.32. The van der Waals surface area contributed by atoms with Crippen molar-refractivity contribution >= 4 is 0 Å². The van der Waals surface area contributed by atoms with E-state index < -0.39 is 12.1 Å². The van der Waals surface area contributed by atoms with Crippen LogP contribution >= 0.6 is 0 Å². The molecule has 0 radical (unpaired) electrons. The SMILES string of the molecule is CC1CC(NC2CCCC(C(F)(F)F)C2)CN1C1CC1. The van der Waals surface area contributed by atoms with E-state index in [0.29, 0.717) is 24.9 Å². The lowest BCUT2D eigenvalue weighted by atomic mass is 9.85. The predicted molar refractivity (Wildman–Crippen MR) is 72.5 cm³/mol. The Morgan fingerprint density at radius 1 is 1.00 bits per heavy atom. The van der Waals surface area contributed by atoms with E-state index in [2.05, 4.69) is 17.1 Å². The lowest BCUT2D eigenvalue weighted by Crippen LogP contribution is -2.44. The third-order valence-corrected chi connectivity index (χ3v) is 5.25. The highest BCUT2D eigenvalue weighted by molar-refractivity contribution is 4.97. The number of hydrogen-bond donors (Lipinski definition) is 1. The van der Waals surface area contributed by atoms with Gasteiger partial charge < -0.3 is 5.32 Å². The second-order valence-corrected chi connectivity index (χ2v) is 6.98. The number of halogens is 3. The van der Waals surface area contributed by atoms with Crippen LogP contribution in [-0.2, 0) is 0 Å². The van der Waals surface area contributed by atoms with Gasteiger partial charge in [-0.2, -0.15) is 13.2 Å². The first-order chi connectivity index (χ1) is 9.43. The number of rotatable bonds is 3. The van der Waals surface area contributed by atoms with Gasteiger partial charge in [-0.3, -0.25) is 4.90 Å². The van der Waals surface area contributed by atoms with Crippen LogP contribution in [0, 0.1) is 5.92 Å². The van der Waals surface area contributed by atoms with Gasteiger partial charge in [0.05, 0.1) is 5.92 Å². The summed E-state index contributed by atoms with van der Waals surface area (Å²) in [7, 11) is 0. The van der Waals surface area contributed by atoms with Gasteiger partial charge >= 0.3 is 6.18 Å². The Morgan fingerprint density at radius 3 is 2.40 bits per heavy atom. The van der Waals surface area contributed by atoms with E-state index in [1.54, 1.807) is 0 Å². The lowest BCUT2D eigenvalue weighted by molar-refractivity contribution is -0.183. The van der Waals surface area contributed by atoms with Gasteiger partial charge in [-0.05, 0) is 45.4 Å². The van der Waals surface area contributed by atoms with Crippen LogP contribution in [0.1, 0.15) is 51.9 Å². The third-order valence-electron chi connectivity index (χ3n) is 5.25. The summed E-state index contributed by atoms with van der Waals surface area (Å²) in [5.74, 6) is -1.09. The Balaban J connectivity index is 1.50. The lowest BCUT2D eigenvalue weighted by Gasteiger charge is -2.33. The minimum Gasteiger partial charge on any atom is -0.310 e. The van der Waals surface area contributed by atoms with Crippen LogP contribution in [0.2, 0.25) is 0 Å². The van der Waals surface area contributed by atoms with Crippen LogP contribution in [-0.4, -0.2) is 41.8 Å². The van der Waals surface area contributed by atoms with Crippen molar-refractivity contribution in [3.63, 3.8) is 0 Å². The Bertz CT molecular complexity index is 341. The first kappa shape index (κ1) is 14.6. The topological polar surface area (TPSA) is 15.3 Å². The minimum absolute atomic E-state index is 0.0618. The maximum Gasteiger partial charge on any atom is 0.391 e. The zero-order valence-corrected chi connectivity index (χ0v) is 12.1. The highest BCUT2D eigenvalue weighted by atomic mass is 19.4. The first-order valence-electron chi connectivity index (χ1n) is 8.02. The molecule has 2 saturated carbocycles. The van der Waals surface area contributed by atoms with Crippen molar-refractivity contribution in [2.45, 2.75) is 82.2 Å². The molecule has 1 aliphatic heterocycles. The van der Waals surface area contributed by atoms with E-state index in [-0.39, 0.29) is 12.5 Å². The summed E-state index contributed by atoms with van der Waals surface area (Å²) in [4.78, 5) is 2.54. The summed E-state index contributed by atoms with van der Waals surface area (Å²) in [5, 5.41) is 3.52. The number of nitrogens with zero attached hydrogens (tertiary/aromatic N) is 1. The van der Waals surface area contributed by atoms with E-state index >= 15 is 0 Å². The third kappa shape index (κ3) is 3.30. The normalized spacial score (nSPS) is 40.2. The molecule has 0 bridgehead atoms. The van der Waals surface area contributed by atoms with Crippen LogP contribution in [0.25, 0.3) is 0 Å². The minimum atomic E-state index is -4.01. The summed E-state index contributed by atoms with van der Waals surface area (Å²) in [6.45, 7) is 3.28.